The van der Waals surface area contributed by atoms with Crippen LogP contribution in [0.25, 0.3) is 0 Å². The van der Waals surface area contributed by atoms with Gasteiger partial charge in [0.25, 0.3) is 0 Å². The third-order valence-corrected chi connectivity index (χ3v) is 2.11. The van der Waals surface area contributed by atoms with Gasteiger partial charge in [-0.3, -0.25) is 0 Å². The van der Waals surface area contributed by atoms with Gasteiger partial charge in [-0.2, -0.15) is 9.97 Å². The molecule has 0 amide bonds. The molecule has 0 fully saturated rings. The maximum Gasteiger partial charge on any atom is 0.325 e. The second-order valence-electron chi connectivity index (χ2n) is 3.49. The Balaban J connectivity index is 2.19. The molecule has 17 heavy (non-hydrogen) atoms. The molecule has 5 nitrogen and oxygen atoms in total. The van der Waals surface area contributed by atoms with Crippen molar-refractivity contribution in [2.24, 2.45) is 0 Å². The number of hydrogen-bond donors (Lipinski definition) is 0. The fraction of sp³-hybridized carbons (Fsp3) is 0.250. The van der Waals surface area contributed by atoms with E-state index >= 15 is 0 Å². The minimum atomic E-state index is 0.306. The Labute approximate surface area is 99.5 Å². The van der Waals surface area contributed by atoms with Gasteiger partial charge in [-0.1, -0.05) is 0 Å². The van der Waals surface area contributed by atoms with Crippen LogP contribution in [0.3, 0.4) is 0 Å². The molecule has 2 aromatic rings. The van der Waals surface area contributed by atoms with Gasteiger partial charge in [0.1, 0.15) is 23.1 Å². The standard InChI is InChI=1S/C12H13N3O2/c1-8-13-9(2)15-12(14-8)17-11-6-4-10(16-3)5-7-11/h4-7H,1-3H3. The third-order valence-electron chi connectivity index (χ3n) is 2.11. The van der Waals surface area contributed by atoms with Crippen LogP contribution in [0.5, 0.6) is 17.5 Å². The van der Waals surface area contributed by atoms with Gasteiger partial charge in [-0.05, 0) is 38.1 Å². The first-order chi connectivity index (χ1) is 8.17. The fourth-order valence-electron chi connectivity index (χ4n) is 1.38. The molecule has 0 aliphatic carbocycles. The number of hydrogen-bond acceptors (Lipinski definition) is 5. The van der Waals surface area contributed by atoms with Gasteiger partial charge in [0.15, 0.2) is 0 Å². The van der Waals surface area contributed by atoms with Crippen molar-refractivity contribution in [3.05, 3.63) is 35.9 Å². The summed E-state index contributed by atoms with van der Waals surface area (Å²) in [5, 5.41) is 0. The molecule has 0 radical (unpaired) electrons. The molecule has 1 heterocycles. The molecule has 0 unspecified atom stereocenters. The van der Waals surface area contributed by atoms with E-state index in [0.717, 1.165) is 5.75 Å². The van der Waals surface area contributed by atoms with Crippen molar-refractivity contribution >= 4 is 0 Å². The molecule has 88 valence electrons. The summed E-state index contributed by atoms with van der Waals surface area (Å²) in [6.07, 6.45) is 0. The van der Waals surface area contributed by atoms with E-state index in [0.29, 0.717) is 23.4 Å². The van der Waals surface area contributed by atoms with E-state index in [1.54, 1.807) is 33.1 Å². The second kappa shape index (κ2) is 4.78. The van der Waals surface area contributed by atoms with Crippen LogP contribution in [-0.4, -0.2) is 22.1 Å². The quantitative estimate of drug-likeness (QED) is 0.811. The summed E-state index contributed by atoms with van der Waals surface area (Å²) < 4.78 is 10.6. The van der Waals surface area contributed by atoms with Gasteiger partial charge in [-0.15, -0.1) is 0 Å². The highest BCUT2D eigenvalue weighted by Gasteiger charge is 2.03. The number of nitrogens with zero attached hydrogens (tertiary/aromatic N) is 3. The van der Waals surface area contributed by atoms with E-state index in [1.807, 2.05) is 12.1 Å². The Hall–Kier alpha value is -2.17. The number of benzene rings is 1. The molecule has 1 aromatic carbocycles. The minimum absolute atomic E-state index is 0.306. The highest BCUT2D eigenvalue weighted by Crippen LogP contribution is 2.21. The zero-order valence-corrected chi connectivity index (χ0v) is 9.97. The van der Waals surface area contributed by atoms with E-state index in [-0.39, 0.29) is 0 Å². The molecule has 1 aromatic heterocycles. The third kappa shape index (κ3) is 2.90. The SMILES string of the molecule is COc1ccc(Oc2nc(C)nc(C)n2)cc1. The molecular formula is C12H13N3O2. The fourth-order valence-corrected chi connectivity index (χ4v) is 1.38. The van der Waals surface area contributed by atoms with Gasteiger partial charge < -0.3 is 9.47 Å². The van der Waals surface area contributed by atoms with Crippen molar-refractivity contribution in [2.75, 3.05) is 7.11 Å². The van der Waals surface area contributed by atoms with Crippen LogP contribution in [0.2, 0.25) is 0 Å². The lowest BCUT2D eigenvalue weighted by atomic mass is 10.3. The predicted molar refractivity (Wildman–Crippen MR) is 62.4 cm³/mol. The van der Waals surface area contributed by atoms with Crippen molar-refractivity contribution in [3.63, 3.8) is 0 Å². The summed E-state index contributed by atoms with van der Waals surface area (Å²) >= 11 is 0. The Morgan fingerprint density at radius 3 is 1.88 bits per heavy atom. The number of methoxy groups -OCH3 is 1. The zero-order valence-electron chi connectivity index (χ0n) is 9.97. The lowest BCUT2D eigenvalue weighted by Gasteiger charge is -2.05. The number of ether oxygens (including phenoxy) is 2. The first-order valence-electron chi connectivity index (χ1n) is 5.18. The van der Waals surface area contributed by atoms with Gasteiger partial charge >= 0.3 is 6.01 Å². The largest absolute Gasteiger partial charge is 0.497 e. The molecule has 0 aliphatic rings. The summed E-state index contributed by atoms with van der Waals surface area (Å²) in [6.45, 7) is 3.60. The lowest BCUT2D eigenvalue weighted by Crippen LogP contribution is -1.99. The van der Waals surface area contributed by atoms with Crippen LogP contribution in [0.1, 0.15) is 11.6 Å². The van der Waals surface area contributed by atoms with Crippen LogP contribution >= 0.6 is 0 Å². The van der Waals surface area contributed by atoms with E-state index in [9.17, 15) is 0 Å². The van der Waals surface area contributed by atoms with Crippen molar-refractivity contribution in [1.82, 2.24) is 15.0 Å². The van der Waals surface area contributed by atoms with Crippen molar-refractivity contribution in [2.45, 2.75) is 13.8 Å². The average molecular weight is 231 g/mol. The Morgan fingerprint density at radius 1 is 0.824 bits per heavy atom. The molecule has 0 bridgehead atoms. The number of rotatable bonds is 3. The molecule has 0 saturated carbocycles. The average Bonchev–Trinajstić information content (AvgIpc) is 2.28. The predicted octanol–water partition coefficient (Wildman–Crippen LogP) is 2.29. The van der Waals surface area contributed by atoms with Crippen molar-refractivity contribution < 1.29 is 9.47 Å². The number of aryl methyl sites for hydroxylation is 2. The molecule has 0 N–H and O–H groups in total. The second-order valence-corrected chi connectivity index (χ2v) is 3.49. The van der Waals surface area contributed by atoms with E-state index in [1.165, 1.54) is 0 Å². The molecule has 0 spiro atoms. The maximum atomic E-state index is 5.52. The van der Waals surface area contributed by atoms with Gasteiger partial charge in [0.05, 0.1) is 7.11 Å². The van der Waals surface area contributed by atoms with Crippen molar-refractivity contribution in [3.8, 4) is 17.5 Å². The topological polar surface area (TPSA) is 57.1 Å². The first kappa shape index (κ1) is 11.3. The Bertz CT molecular complexity index is 491. The van der Waals surface area contributed by atoms with Crippen LogP contribution in [0, 0.1) is 13.8 Å². The first-order valence-corrected chi connectivity index (χ1v) is 5.18. The monoisotopic (exact) mass is 231 g/mol. The van der Waals surface area contributed by atoms with Crippen molar-refractivity contribution in [1.29, 1.82) is 0 Å². The van der Waals surface area contributed by atoms with Crippen LogP contribution in [0.4, 0.5) is 0 Å². The molecule has 2 rings (SSSR count). The summed E-state index contributed by atoms with van der Waals surface area (Å²) in [5.41, 5.74) is 0. The summed E-state index contributed by atoms with van der Waals surface area (Å²) in [7, 11) is 1.62. The van der Waals surface area contributed by atoms with E-state index < -0.39 is 0 Å². The lowest BCUT2D eigenvalue weighted by molar-refractivity contribution is 0.409. The molecular weight excluding hydrogens is 218 g/mol. The zero-order chi connectivity index (χ0) is 12.3. The van der Waals surface area contributed by atoms with E-state index in [4.69, 9.17) is 9.47 Å². The normalized spacial score (nSPS) is 10.1. The minimum Gasteiger partial charge on any atom is -0.497 e. The van der Waals surface area contributed by atoms with Crippen LogP contribution in [-0.2, 0) is 0 Å². The smallest absolute Gasteiger partial charge is 0.325 e. The molecule has 0 saturated heterocycles. The Kier molecular flexibility index (Phi) is 3.18. The van der Waals surface area contributed by atoms with Gasteiger partial charge in [-0.25, -0.2) is 4.98 Å². The summed E-state index contributed by atoms with van der Waals surface area (Å²) in [4.78, 5) is 12.3. The van der Waals surface area contributed by atoms with Gasteiger partial charge in [0.2, 0.25) is 0 Å². The van der Waals surface area contributed by atoms with Gasteiger partial charge in [0, 0.05) is 0 Å². The van der Waals surface area contributed by atoms with Crippen LogP contribution < -0.4 is 9.47 Å². The van der Waals surface area contributed by atoms with Crippen LogP contribution in [0.15, 0.2) is 24.3 Å². The summed E-state index contributed by atoms with van der Waals surface area (Å²) in [6, 6.07) is 7.53. The highest BCUT2D eigenvalue weighted by atomic mass is 16.5. The maximum absolute atomic E-state index is 5.52. The number of aromatic nitrogens is 3. The van der Waals surface area contributed by atoms with E-state index in [2.05, 4.69) is 15.0 Å². The Morgan fingerprint density at radius 2 is 1.35 bits per heavy atom. The highest BCUT2D eigenvalue weighted by molar-refractivity contribution is 5.32. The molecule has 0 aliphatic heterocycles. The molecule has 0 atom stereocenters. The molecule has 5 heteroatoms. The summed E-state index contributed by atoms with van der Waals surface area (Å²) in [5.74, 6) is 2.72.